The minimum atomic E-state index is -0.162. The second-order valence-electron chi connectivity index (χ2n) is 6.61. The molecular formula is C17H28FNO. The van der Waals surface area contributed by atoms with Gasteiger partial charge in [0, 0.05) is 12.6 Å². The van der Waals surface area contributed by atoms with Gasteiger partial charge in [0.25, 0.3) is 0 Å². The van der Waals surface area contributed by atoms with Crippen molar-refractivity contribution in [1.82, 2.24) is 5.32 Å². The molecule has 1 aromatic rings. The first kappa shape index (κ1) is 17.1. The summed E-state index contributed by atoms with van der Waals surface area (Å²) in [5.41, 5.74) is 1.14. The van der Waals surface area contributed by atoms with Crippen molar-refractivity contribution >= 4 is 0 Å². The second-order valence-corrected chi connectivity index (χ2v) is 6.61. The lowest BCUT2D eigenvalue weighted by Gasteiger charge is -2.27. The average Bonchev–Trinajstić information content (AvgIpc) is 2.35. The first-order chi connectivity index (χ1) is 9.30. The van der Waals surface area contributed by atoms with Crippen molar-refractivity contribution < 1.29 is 9.13 Å². The molecule has 1 aromatic carbocycles. The van der Waals surface area contributed by atoms with Crippen LogP contribution >= 0.6 is 0 Å². The molecule has 2 unspecified atom stereocenters. The van der Waals surface area contributed by atoms with E-state index in [-0.39, 0.29) is 17.5 Å². The maximum atomic E-state index is 13.3. The number of benzene rings is 1. The van der Waals surface area contributed by atoms with Gasteiger partial charge in [-0.15, -0.1) is 0 Å². The van der Waals surface area contributed by atoms with Crippen molar-refractivity contribution in [2.75, 3.05) is 13.7 Å². The number of halogens is 1. The molecule has 0 aliphatic rings. The van der Waals surface area contributed by atoms with Crippen molar-refractivity contribution in [2.45, 2.75) is 52.2 Å². The van der Waals surface area contributed by atoms with E-state index in [2.05, 4.69) is 33.0 Å². The fourth-order valence-electron chi connectivity index (χ4n) is 2.25. The topological polar surface area (TPSA) is 21.3 Å². The Morgan fingerprint density at radius 1 is 1.30 bits per heavy atom. The number of methoxy groups -OCH3 is 1. The molecule has 0 aliphatic carbocycles. The Kier molecular flexibility index (Phi) is 6.63. The maximum Gasteiger partial charge on any atom is 0.123 e. The highest BCUT2D eigenvalue weighted by molar-refractivity contribution is 5.17. The van der Waals surface area contributed by atoms with E-state index in [1.807, 2.05) is 6.07 Å². The van der Waals surface area contributed by atoms with Crippen LogP contribution in [0.25, 0.3) is 0 Å². The van der Waals surface area contributed by atoms with Crippen molar-refractivity contribution in [1.29, 1.82) is 0 Å². The van der Waals surface area contributed by atoms with Crippen molar-refractivity contribution in [3.8, 4) is 0 Å². The first-order valence-corrected chi connectivity index (χ1v) is 7.32. The molecule has 114 valence electrons. The van der Waals surface area contributed by atoms with Gasteiger partial charge < -0.3 is 10.1 Å². The molecule has 0 heterocycles. The van der Waals surface area contributed by atoms with E-state index in [0.29, 0.717) is 5.92 Å². The van der Waals surface area contributed by atoms with E-state index in [1.165, 1.54) is 6.07 Å². The highest BCUT2D eigenvalue weighted by Crippen LogP contribution is 2.17. The van der Waals surface area contributed by atoms with Gasteiger partial charge in [-0.2, -0.15) is 0 Å². The monoisotopic (exact) mass is 281 g/mol. The zero-order chi connectivity index (χ0) is 15.2. The minimum absolute atomic E-state index is 0.0937. The summed E-state index contributed by atoms with van der Waals surface area (Å²) < 4.78 is 18.7. The molecule has 0 spiro atoms. The molecule has 0 radical (unpaired) electrons. The van der Waals surface area contributed by atoms with Crippen LogP contribution in [0.3, 0.4) is 0 Å². The van der Waals surface area contributed by atoms with Crippen molar-refractivity contribution in [2.24, 2.45) is 5.92 Å². The predicted octanol–water partition coefficient (Wildman–Crippen LogP) is 3.80. The van der Waals surface area contributed by atoms with Crippen molar-refractivity contribution in [3.63, 3.8) is 0 Å². The summed E-state index contributed by atoms with van der Waals surface area (Å²) in [4.78, 5) is 0. The van der Waals surface area contributed by atoms with Crippen LogP contribution in [0.4, 0.5) is 4.39 Å². The van der Waals surface area contributed by atoms with E-state index < -0.39 is 0 Å². The molecule has 2 atom stereocenters. The van der Waals surface area contributed by atoms with Crippen LogP contribution in [0.2, 0.25) is 0 Å². The van der Waals surface area contributed by atoms with E-state index >= 15 is 0 Å². The number of hydrogen-bond acceptors (Lipinski definition) is 2. The van der Waals surface area contributed by atoms with Gasteiger partial charge in [0.2, 0.25) is 0 Å². The van der Waals surface area contributed by atoms with E-state index in [0.717, 1.165) is 24.9 Å². The summed E-state index contributed by atoms with van der Waals surface area (Å²) in [7, 11) is 1.74. The maximum absolute atomic E-state index is 13.3. The molecule has 20 heavy (non-hydrogen) atoms. The van der Waals surface area contributed by atoms with Gasteiger partial charge in [-0.05, 0) is 70.7 Å². The van der Waals surface area contributed by atoms with Crippen LogP contribution in [0, 0.1) is 11.7 Å². The zero-order valence-electron chi connectivity index (χ0n) is 13.4. The zero-order valence-corrected chi connectivity index (χ0v) is 13.4. The number of nitrogens with one attached hydrogen (secondary N) is 1. The van der Waals surface area contributed by atoms with Gasteiger partial charge >= 0.3 is 0 Å². The number of hydrogen-bond donors (Lipinski definition) is 1. The van der Waals surface area contributed by atoms with Crippen LogP contribution in [-0.4, -0.2) is 25.3 Å². The molecule has 0 aliphatic heterocycles. The molecule has 3 heteroatoms. The van der Waals surface area contributed by atoms with E-state index in [9.17, 15) is 4.39 Å². The standard InChI is InChI=1S/C17H28FNO/c1-13(20-5)9-15(12-19-17(2,3)4)10-14-7-6-8-16(18)11-14/h6-8,11,13,15,19H,9-10,12H2,1-5H3. The van der Waals surface area contributed by atoms with Gasteiger partial charge in [-0.1, -0.05) is 12.1 Å². The predicted molar refractivity (Wildman–Crippen MR) is 82.4 cm³/mol. The Balaban J connectivity index is 2.66. The molecule has 1 N–H and O–H groups in total. The van der Waals surface area contributed by atoms with Crippen LogP contribution in [0.1, 0.15) is 39.7 Å². The Labute approximate surface area is 122 Å². The third kappa shape index (κ3) is 7.01. The van der Waals surface area contributed by atoms with Gasteiger partial charge in [0.1, 0.15) is 5.82 Å². The lowest BCUT2D eigenvalue weighted by molar-refractivity contribution is 0.0934. The highest BCUT2D eigenvalue weighted by atomic mass is 19.1. The minimum Gasteiger partial charge on any atom is -0.382 e. The summed E-state index contributed by atoms with van der Waals surface area (Å²) in [6, 6.07) is 6.88. The van der Waals surface area contributed by atoms with E-state index in [4.69, 9.17) is 4.74 Å². The fraction of sp³-hybridized carbons (Fsp3) is 0.647. The molecule has 1 rings (SSSR count). The summed E-state index contributed by atoms with van der Waals surface area (Å²) in [5, 5.41) is 3.54. The first-order valence-electron chi connectivity index (χ1n) is 7.32. The van der Waals surface area contributed by atoms with Crippen LogP contribution in [0.5, 0.6) is 0 Å². The Hall–Kier alpha value is -0.930. The lowest BCUT2D eigenvalue weighted by atomic mass is 9.93. The van der Waals surface area contributed by atoms with Gasteiger partial charge in [0.15, 0.2) is 0 Å². The average molecular weight is 281 g/mol. The highest BCUT2D eigenvalue weighted by Gasteiger charge is 2.17. The smallest absolute Gasteiger partial charge is 0.123 e. The van der Waals surface area contributed by atoms with Crippen molar-refractivity contribution in [3.05, 3.63) is 35.6 Å². The van der Waals surface area contributed by atoms with Gasteiger partial charge in [-0.3, -0.25) is 0 Å². The van der Waals surface area contributed by atoms with E-state index in [1.54, 1.807) is 19.2 Å². The molecule has 0 aromatic heterocycles. The molecule has 0 bridgehead atoms. The van der Waals surface area contributed by atoms with Crippen LogP contribution in [-0.2, 0) is 11.2 Å². The van der Waals surface area contributed by atoms with Gasteiger partial charge in [0.05, 0.1) is 6.10 Å². The summed E-state index contributed by atoms with van der Waals surface area (Å²) in [5.74, 6) is 0.274. The second kappa shape index (κ2) is 7.75. The Bertz CT molecular complexity index is 400. The molecule has 0 fully saturated rings. The molecule has 0 saturated carbocycles. The Morgan fingerprint density at radius 2 is 2.00 bits per heavy atom. The normalized spacial score (nSPS) is 15.1. The molecule has 0 saturated heterocycles. The fourth-order valence-corrected chi connectivity index (χ4v) is 2.25. The third-order valence-electron chi connectivity index (χ3n) is 3.40. The van der Waals surface area contributed by atoms with Crippen LogP contribution in [0.15, 0.2) is 24.3 Å². The summed E-state index contributed by atoms with van der Waals surface area (Å²) in [6.45, 7) is 9.47. The lowest BCUT2D eigenvalue weighted by Crippen LogP contribution is -2.40. The summed E-state index contributed by atoms with van der Waals surface area (Å²) >= 11 is 0. The largest absolute Gasteiger partial charge is 0.382 e. The number of rotatable bonds is 7. The summed E-state index contributed by atoms with van der Waals surface area (Å²) in [6.07, 6.45) is 2.06. The Morgan fingerprint density at radius 3 is 2.55 bits per heavy atom. The third-order valence-corrected chi connectivity index (χ3v) is 3.40. The van der Waals surface area contributed by atoms with Gasteiger partial charge in [-0.25, -0.2) is 4.39 Å². The molecular weight excluding hydrogens is 253 g/mol. The molecule has 2 nitrogen and oxygen atoms in total. The number of ether oxygens (including phenoxy) is 1. The van der Waals surface area contributed by atoms with Crippen LogP contribution < -0.4 is 5.32 Å². The SMILES string of the molecule is COC(C)CC(CNC(C)(C)C)Cc1cccc(F)c1. The quantitative estimate of drug-likeness (QED) is 0.821. The molecule has 0 amide bonds.